The molecule has 0 bridgehead atoms. The fourth-order valence-corrected chi connectivity index (χ4v) is 2.21. The van der Waals surface area contributed by atoms with Gasteiger partial charge in [0.15, 0.2) is 0 Å². The molecule has 0 saturated heterocycles. The van der Waals surface area contributed by atoms with E-state index in [0.717, 1.165) is 11.4 Å². The minimum absolute atomic E-state index is 0.0869. The van der Waals surface area contributed by atoms with Crippen molar-refractivity contribution in [1.82, 2.24) is 15.1 Å². The van der Waals surface area contributed by atoms with Gasteiger partial charge in [-0.3, -0.25) is 9.59 Å². The molecule has 1 unspecified atom stereocenters. The zero-order valence-electron chi connectivity index (χ0n) is 12.8. The molecule has 1 atom stereocenters. The normalized spacial score (nSPS) is 12.0. The first-order valence-corrected chi connectivity index (χ1v) is 7.04. The Balaban J connectivity index is 2.24. The van der Waals surface area contributed by atoms with Crippen molar-refractivity contribution >= 4 is 11.9 Å². The van der Waals surface area contributed by atoms with Crippen LogP contribution in [0.5, 0.6) is 0 Å². The SMILES string of the molecule is Cc1nn(-c2ccccc2)c(C)c1C(=O)NCC(C)C(=O)O. The summed E-state index contributed by atoms with van der Waals surface area (Å²) >= 11 is 0. The van der Waals surface area contributed by atoms with Gasteiger partial charge in [0, 0.05) is 6.54 Å². The summed E-state index contributed by atoms with van der Waals surface area (Å²) in [7, 11) is 0. The molecule has 0 aliphatic carbocycles. The first kappa shape index (κ1) is 15.8. The van der Waals surface area contributed by atoms with Gasteiger partial charge in [-0.05, 0) is 26.0 Å². The van der Waals surface area contributed by atoms with Crippen LogP contribution < -0.4 is 5.32 Å². The van der Waals surface area contributed by atoms with Crippen molar-refractivity contribution in [1.29, 1.82) is 0 Å². The summed E-state index contributed by atoms with van der Waals surface area (Å²) in [5.41, 5.74) is 2.70. The largest absolute Gasteiger partial charge is 0.481 e. The number of carboxylic acid groups (broad SMARTS) is 1. The van der Waals surface area contributed by atoms with Crippen LogP contribution in [0.3, 0.4) is 0 Å². The van der Waals surface area contributed by atoms with Crippen LogP contribution in [0.4, 0.5) is 0 Å². The van der Waals surface area contributed by atoms with Crippen LogP contribution in [-0.2, 0) is 4.79 Å². The highest BCUT2D eigenvalue weighted by Gasteiger charge is 2.20. The number of hydrogen-bond donors (Lipinski definition) is 2. The predicted octanol–water partition coefficient (Wildman–Crippen LogP) is 1.94. The molecule has 116 valence electrons. The molecule has 2 rings (SSSR count). The van der Waals surface area contributed by atoms with Crippen molar-refractivity contribution in [3.8, 4) is 5.69 Å². The number of aryl methyl sites for hydroxylation is 1. The van der Waals surface area contributed by atoms with Crippen molar-refractivity contribution in [2.75, 3.05) is 6.54 Å². The molecule has 0 radical (unpaired) electrons. The summed E-state index contributed by atoms with van der Waals surface area (Å²) in [6.45, 7) is 5.23. The van der Waals surface area contributed by atoms with Crippen LogP contribution in [0.25, 0.3) is 5.69 Å². The van der Waals surface area contributed by atoms with E-state index in [1.165, 1.54) is 0 Å². The number of carbonyl (C=O) groups is 2. The van der Waals surface area contributed by atoms with Gasteiger partial charge in [0.1, 0.15) is 0 Å². The number of amides is 1. The number of para-hydroxylation sites is 1. The Morgan fingerprint density at radius 1 is 1.27 bits per heavy atom. The first-order valence-electron chi connectivity index (χ1n) is 7.04. The highest BCUT2D eigenvalue weighted by Crippen LogP contribution is 2.17. The second-order valence-electron chi connectivity index (χ2n) is 5.24. The molecule has 0 saturated carbocycles. The third-order valence-corrected chi connectivity index (χ3v) is 3.51. The summed E-state index contributed by atoms with van der Waals surface area (Å²) in [5, 5.41) is 15.9. The molecule has 1 aromatic heterocycles. The monoisotopic (exact) mass is 301 g/mol. The molecule has 6 nitrogen and oxygen atoms in total. The van der Waals surface area contributed by atoms with Crippen LogP contribution in [0.15, 0.2) is 30.3 Å². The predicted molar refractivity (Wildman–Crippen MR) is 82.2 cm³/mol. The van der Waals surface area contributed by atoms with Gasteiger partial charge < -0.3 is 10.4 Å². The van der Waals surface area contributed by atoms with Gasteiger partial charge in [-0.2, -0.15) is 5.10 Å². The Hall–Kier alpha value is -2.63. The number of aromatic nitrogens is 2. The Morgan fingerprint density at radius 3 is 2.50 bits per heavy atom. The topological polar surface area (TPSA) is 84.2 Å². The van der Waals surface area contributed by atoms with Crippen LogP contribution in [0.1, 0.15) is 28.7 Å². The molecule has 1 aromatic carbocycles. The molecule has 1 amide bonds. The highest BCUT2D eigenvalue weighted by molar-refractivity contribution is 5.96. The molecule has 2 aromatic rings. The smallest absolute Gasteiger partial charge is 0.308 e. The summed E-state index contributed by atoms with van der Waals surface area (Å²) in [6.07, 6.45) is 0. The lowest BCUT2D eigenvalue weighted by Crippen LogP contribution is -2.32. The third kappa shape index (κ3) is 3.16. The maximum absolute atomic E-state index is 12.3. The van der Waals surface area contributed by atoms with Crippen molar-refractivity contribution in [2.24, 2.45) is 5.92 Å². The van der Waals surface area contributed by atoms with Crippen LogP contribution in [0.2, 0.25) is 0 Å². The Labute approximate surface area is 128 Å². The number of aliphatic carboxylic acids is 1. The van der Waals surface area contributed by atoms with Gasteiger partial charge in [0.05, 0.1) is 28.6 Å². The van der Waals surface area contributed by atoms with Crippen LogP contribution in [-0.4, -0.2) is 33.3 Å². The summed E-state index contributed by atoms with van der Waals surface area (Å²) in [4.78, 5) is 23.1. The van der Waals surface area contributed by atoms with Crippen LogP contribution >= 0.6 is 0 Å². The number of benzene rings is 1. The zero-order chi connectivity index (χ0) is 16.3. The molecule has 2 N–H and O–H groups in total. The highest BCUT2D eigenvalue weighted by atomic mass is 16.4. The average Bonchev–Trinajstić information content (AvgIpc) is 2.80. The van der Waals surface area contributed by atoms with Crippen LogP contribution in [0, 0.1) is 19.8 Å². The van der Waals surface area contributed by atoms with Crippen molar-refractivity contribution < 1.29 is 14.7 Å². The molecule has 22 heavy (non-hydrogen) atoms. The second-order valence-corrected chi connectivity index (χ2v) is 5.24. The van der Waals surface area contributed by atoms with Gasteiger partial charge in [-0.25, -0.2) is 4.68 Å². The van der Waals surface area contributed by atoms with E-state index in [1.807, 2.05) is 37.3 Å². The van der Waals surface area contributed by atoms with Crippen molar-refractivity contribution in [3.05, 3.63) is 47.3 Å². The number of nitrogens with one attached hydrogen (secondary N) is 1. The maximum Gasteiger partial charge on any atom is 0.308 e. The molecule has 6 heteroatoms. The second kappa shape index (κ2) is 6.43. The number of nitrogens with zero attached hydrogens (tertiary/aromatic N) is 2. The van der Waals surface area contributed by atoms with Gasteiger partial charge >= 0.3 is 5.97 Å². The zero-order valence-corrected chi connectivity index (χ0v) is 12.8. The van der Waals surface area contributed by atoms with E-state index in [4.69, 9.17) is 5.11 Å². The lowest BCUT2D eigenvalue weighted by molar-refractivity contribution is -0.140. The Morgan fingerprint density at radius 2 is 1.91 bits per heavy atom. The van der Waals surface area contributed by atoms with E-state index in [1.54, 1.807) is 18.5 Å². The summed E-state index contributed by atoms with van der Waals surface area (Å²) in [6, 6.07) is 9.54. The minimum Gasteiger partial charge on any atom is -0.481 e. The maximum atomic E-state index is 12.3. The number of rotatable bonds is 5. The summed E-state index contributed by atoms with van der Waals surface area (Å²) < 4.78 is 1.71. The van der Waals surface area contributed by atoms with Gasteiger partial charge in [0.2, 0.25) is 0 Å². The number of carboxylic acids is 1. The van der Waals surface area contributed by atoms with Gasteiger partial charge in [0.25, 0.3) is 5.91 Å². The van der Waals surface area contributed by atoms with E-state index in [2.05, 4.69) is 10.4 Å². The lowest BCUT2D eigenvalue weighted by atomic mass is 10.1. The van der Waals surface area contributed by atoms with E-state index in [-0.39, 0.29) is 12.5 Å². The summed E-state index contributed by atoms with van der Waals surface area (Å²) in [5.74, 6) is -1.87. The number of carbonyl (C=O) groups excluding carboxylic acids is 1. The Bertz CT molecular complexity index is 692. The fraction of sp³-hybridized carbons (Fsp3) is 0.312. The van der Waals surface area contributed by atoms with Crippen molar-refractivity contribution in [2.45, 2.75) is 20.8 Å². The minimum atomic E-state index is -0.936. The molecular formula is C16H19N3O3. The van der Waals surface area contributed by atoms with E-state index in [0.29, 0.717) is 11.3 Å². The first-order chi connectivity index (χ1) is 10.4. The lowest BCUT2D eigenvalue weighted by Gasteiger charge is -2.09. The molecule has 0 aliphatic heterocycles. The molecule has 0 spiro atoms. The average molecular weight is 301 g/mol. The number of hydrogen-bond acceptors (Lipinski definition) is 3. The molecule has 1 heterocycles. The van der Waals surface area contributed by atoms with Gasteiger partial charge in [-0.15, -0.1) is 0 Å². The van der Waals surface area contributed by atoms with E-state index < -0.39 is 11.9 Å². The molecular weight excluding hydrogens is 282 g/mol. The van der Waals surface area contributed by atoms with E-state index >= 15 is 0 Å². The van der Waals surface area contributed by atoms with Gasteiger partial charge in [-0.1, -0.05) is 25.1 Å². The third-order valence-electron chi connectivity index (χ3n) is 3.51. The van der Waals surface area contributed by atoms with Crippen molar-refractivity contribution in [3.63, 3.8) is 0 Å². The quantitative estimate of drug-likeness (QED) is 0.884. The van der Waals surface area contributed by atoms with E-state index in [9.17, 15) is 9.59 Å². The Kier molecular flexibility index (Phi) is 4.60. The standard InChI is InChI=1S/C16H19N3O3/c1-10(16(21)22)9-17-15(20)14-11(2)18-19(12(14)3)13-7-5-4-6-8-13/h4-8,10H,9H2,1-3H3,(H,17,20)(H,21,22). The molecule has 0 aliphatic rings. The molecule has 0 fully saturated rings. The fourth-order valence-electron chi connectivity index (χ4n) is 2.21.